The van der Waals surface area contributed by atoms with Gasteiger partial charge in [-0.3, -0.25) is 9.69 Å². The molecule has 0 radical (unpaired) electrons. The molecule has 0 unspecified atom stereocenters. The molecule has 0 saturated carbocycles. The lowest BCUT2D eigenvalue weighted by Crippen LogP contribution is -2.40. The van der Waals surface area contributed by atoms with Crippen LogP contribution in [-0.4, -0.2) is 67.4 Å². The van der Waals surface area contributed by atoms with Crippen LogP contribution in [0.5, 0.6) is 0 Å². The minimum atomic E-state index is -0.632. The van der Waals surface area contributed by atoms with Crippen molar-refractivity contribution in [2.75, 3.05) is 52.1 Å². The van der Waals surface area contributed by atoms with Gasteiger partial charge in [0.1, 0.15) is 11.6 Å². The molecule has 0 spiro atoms. The summed E-state index contributed by atoms with van der Waals surface area (Å²) in [7, 11) is 3.81. The third-order valence-electron chi connectivity index (χ3n) is 5.81. The Morgan fingerprint density at radius 2 is 1.81 bits per heavy atom. The van der Waals surface area contributed by atoms with Crippen molar-refractivity contribution in [2.24, 2.45) is 0 Å². The Balaban J connectivity index is 1.72. The Kier molecular flexibility index (Phi) is 7.98. The second-order valence-electron chi connectivity index (χ2n) is 8.23. The van der Waals surface area contributed by atoms with Gasteiger partial charge in [0.15, 0.2) is 0 Å². The number of benzene rings is 2. The van der Waals surface area contributed by atoms with E-state index < -0.39 is 11.6 Å². The van der Waals surface area contributed by atoms with Gasteiger partial charge in [-0.25, -0.2) is 8.78 Å². The predicted octanol–water partition coefficient (Wildman–Crippen LogP) is 3.35. The summed E-state index contributed by atoms with van der Waals surface area (Å²) in [6, 6.07) is 9.92. The van der Waals surface area contributed by atoms with E-state index in [0.29, 0.717) is 13.1 Å². The molecule has 1 aliphatic rings. The molecule has 0 fully saturated rings. The lowest BCUT2D eigenvalue weighted by Gasteiger charge is -2.30. The first-order chi connectivity index (χ1) is 14.9. The summed E-state index contributed by atoms with van der Waals surface area (Å²) in [4.78, 5) is 18.9. The monoisotopic (exact) mass is 430 g/mol. The maximum atomic E-state index is 14.2. The summed E-state index contributed by atoms with van der Waals surface area (Å²) >= 11 is 0. The first-order valence-electron chi connectivity index (χ1n) is 10.8. The van der Waals surface area contributed by atoms with Crippen LogP contribution in [0.3, 0.4) is 0 Å². The van der Waals surface area contributed by atoms with Gasteiger partial charge in [0.05, 0.1) is 13.1 Å². The van der Waals surface area contributed by atoms with E-state index in [0.717, 1.165) is 31.7 Å². The summed E-state index contributed by atoms with van der Waals surface area (Å²) < 4.78 is 28.3. The van der Waals surface area contributed by atoms with Crippen molar-refractivity contribution < 1.29 is 13.6 Å². The highest BCUT2D eigenvalue weighted by atomic mass is 19.1. The Morgan fingerprint density at radius 1 is 1.10 bits per heavy atom. The second kappa shape index (κ2) is 10.7. The van der Waals surface area contributed by atoms with E-state index in [1.807, 2.05) is 31.1 Å². The number of nitrogens with zero attached hydrogens (tertiary/aromatic N) is 3. The SMILES string of the molecule is CCN1CCc2cccc(NCC(=O)N(CCN(C)C)Cc3c(F)cccc3F)c2C1. The zero-order valence-electron chi connectivity index (χ0n) is 18.6. The number of carbonyl (C=O) groups excluding carboxylic acids is 1. The fourth-order valence-electron chi connectivity index (χ4n) is 3.84. The molecule has 1 N–H and O–H groups in total. The average Bonchev–Trinajstić information content (AvgIpc) is 2.76. The topological polar surface area (TPSA) is 38.8 Å². The number of carbonyl (C=O) groups is 1. The van der Waals surface area contributed by atoms with E-state index in [1.165, 1.54) is 34.2 Å². The van der Waals surface area contributed by atoms with Crippen molar-refractivity contribution in [1.82, 2.24) is 14.7 Å². The standard InChI is InChI=1S/C24H32F2N4O/c1-4-29-12-11-18-7-5-10-23(19(18)16-29)27-15-24(31)30(14-13-28(2)3)17-20-21(25)8-6-9-22(20)26/h5-10,27H,4,11-17H2,1-3H3. The van der Waals surface area contributed by atoms with Crippen LogP contribution in [-0.2, 0) is 24.3 Å². The predicted molar refractivity (Wildman–Crippen MR) is 120 cm³/mol. The first-order valence-corrected chi connectivity index (χ1v) is 10.8. The van der Waals surface area contributed by atoms with E-state index in [2.05, 4.69) is 23.2 Å². The molecule has 2 aromatic rings. The van der Waals surface area contributed by atoms with Crippen molar-refractivity contribution in [3.8, 4) is 0 Å². The van der Waals surface area contributed by atoms with Crippen LogP contribution in [0.15, 0.2) is 36.4 Å². The van der Waals surface area contributed by atoms with Crippen LogP contribution in [0.25, 0.3) is 0 Å². The Labute approximate surface area is 183 Å². The minimum absolute atomic E-state index is 0.0755. The molecule has 0 atom stereocenters. The van der Waals surface area contributed by atoms with Crippen LogP contribution in [0, 0.1) is 11.6 Å². The Hall–Kier alpha value is -2.51. The number of halogens is 2. The molecule has 0 bridgehead atoms. The molecule has 5 nitrogen and oxygen atoms in total. The number of anilines is 1. The van der Waals surface area contributed by atoms with Crippen LogP contribution in [0.1, 0.15) is 23.6 Å². The zero-order valence-corrected chi connectivity index (χ0v) is 18.6. The molecule has 0 aromatic heterocycles. The van der Waals surface area contributed by atoms with Gasteiger partial charge in [-0.15, -0.1) is 0 Å². The van der Waals surface area contributed by atoms with E-state index in [9.17, 15) is 13.6 Å². The molecule has 0 aliphatic carbocycles. The van der Waals surface area contributed by atoms with Gasteiger partial charge in [0.25, 0.3) is 0 Å². The molecule has 31 heavy (non-hydrogen) atoms. The molecule has 3 rings (SSSR count). The smallest absolute Gasteiger partial charge is 0.242 e. The molecule has 2 aromatic carbocycles. The van der Waals surface area contributed by atoms with Gasteiger partial charge in [-0.1, -0.05) is 25.1 Å². The molecule has 1 aliphatic heterocycles. The van der Waals surface area contributed by atoms with Gasteiger partial charge in [0.2, 0.25) is 5.91 Å². The highest BCUT2D eigenvalue weighted by Gasteiger charge is 2.21. The van der Waals surface area contributed by atoms with E-state index >= 15 is 0 Å². The summed E-state index contributed by atoms with van der Waals surface area (Å²) in [5, 5.41) is 3.28. The number of likely N-dealkylation sites (N-methyl/N-ethyl adjacent to an activating group) is 2. The summed E-state index contributed by atoms with van der Waals surface area (Å²) in [5.41, 5.74) is 3.40. The molecule has 0 saturated heterocycles. The van der Waals surface area contributed by atoms with Crippen LogP contribution in [0.2, 0.25) is 0 Å². The third kappa shape index (κ3) is 6.02. The molecular formula is C24H32F2N4O. The fraction of sp³-hybridized carbons (Fsp3) is 0.458. The number of nitrogens with one attached hydrogen (secondary N) is 1. The maximum absolute atomic E-state index is 14.2. The van der Waals surface area contributed by atoms with Crippen LogP contribution >= 0.6 is 0 Å². The van der Waals surface area contributed by atoms with Crippen molar-refractivity contribution in [3.63, 3.8) is 0 Å². The first kappa shape index (κ1) is 23.2. The summed E-state index contributed by atoms with van der Waals surface area (Å²) in [5.74, 6) is -1.45. The molecule has 1 amide bonds. The van der Waals surface area contributed by atoms with Crippen molar-refractivity contribution in [2.45, 2.75) is 26.4 Å². The minimum Gasteiger partial charge on any atom is -0.376 e. The second-order valence-corrected chi connectivity index (χ2v) is 8.23. The van der Waals surface area contributed by atoms with Gasteiger partial charge in [0, 0.05) is 37.4 Å². The number of hydrogen-bond acceptors (Lipinski definition) is 4. The van der Waals surface area contributed by atoms with Gasteiger partial charge in [-0.2, -0.15) is 0 Å². The lowest BCUT2D eigenvalue weighted by molar-refractivity contribution is -0.130. The van der Waals surface area contributed by atoms with E-state index in [4.69, 9.17) is 0 Å². The van der Waals surface area contributed by atoms with E-state index in [1.54, 1.807) is 0 Å². The number of amides is 1. The van der Waals surface area contributed by atoms with Gasteiger partial charge < -0.3 is 15.1 Å². The number of rotatable bonds is 9. The van der Waals surface area contributed by atoms with Crippen molar-refractivity contribution in [3.05, 3.63) is 64.7 Å². The normalized spacial score (nSPS) is 13.9. The average molecular weight is 431 g/mol. The van der Waals surface area contributed by atoms with Crippen LogP contribution in [0.4, 0.5) is 14.5 Å². The molecular weight excluding hydrogens is 398 g/mol. The zero-order chi connectivity index (χ0) is 22.4. The Bertz CT molecular complexity index is 883. The maximum Gasteiger partial charge on any atom is 0.242 e. The van der Waals surface area contributed by atoms with Crippen molar-refractivity contribution in [1.29, 1.82) is 0 Å². The quantitative estimate of drug-likeness (QED) is 0.662. The third-order valence-corrected chi connectivity index (χ3v) is 5.81. The summed E-state index contributed by atoms with van der Waals surface area (Å²) in [6.45, 7) is 6.00. The molecule has 7 heteroatoms. The fourth-order valence-corrected chi connectivity index (χ4v) is 3.84. The number of hydrogen-bond donors (Lipinski definition) is 1. The van der Waals surface area contributed by atoms with Gasteiger partial charge >= 0.3 is 0 Å². The van der Waals surface area contributed by atoms with Crippen LogP contribution < -0.4 is 5.32 Å². The van der Waals surface area contributed by atoms with Crippen molar-refractivity contribution >= 4 is 11.6 Å². The molecule has 1 heterocycles. The summed E-state index contributed by atoms with van der Waals surface area (Å²) in [6.07, 6.45) is 0.994. The van der Waals surface area contributed by atoms with E-state index in [-0.39, 0.29) is 24.6 Å². The van der Waals surface area contributed by atoms with Gasteiger partial charge in [-0.05, 0) is 56.4 Å². The highest BCUT2D eigenvalue weighted by molar-refractivity contribution is 5.81. The largest absolute Gasteiger partial charge is 0.376 e. The lowest BCUT2D eigenvalue weighted by atomic mass is 9.98. The number of fused-ring (bicyclic) bond motifs is 1. The Morgan fingerprint density at radius 3 is 2.48 bits per heavy atom. The highest BCUT2D eigenvalue weighted by Crippen LogP contribution is 2.26. The molecule has 168 valence electrons.